The van der Waals surface area contributed by atoms with Crippen LogP contribution in [0.4, 0.5) is 0 Å². The Bertz CT molecular complexity index is 633. The van der Waals surface area contributed by atoms with Gasteiger partial charge in [0.1, 0.15) is 12.4 Å². The molecule has 0 saturated carbocycles. The summed E-state index contributed by atoms with van der Waals surface area (Å²) >= 11 is 0. The molecule has 1 unspecified atom stereocenters. The third kappa shape index (κ3) is 6.87. The largest absolute Gasteiger partial charge is 0.492 e. The smallest absolute Gasteiger partial charge is 0.191 e. The molecule has 2 N–H and O–H groups in total. The van der Waals surface area contributed by atoms with Crippen molar-refractivity contribution in [3.05, 3.63) is 29.8 Å². The summed E-state index contributed by atoms with van der Waals surface area (Å²) in [4.78, 5) is 9.31. The molecule has 3 rings (SSSR count). The van der Waals surface area contributed by atoms with Crippen LogP contribution in [0.5, 0.6) is 5.75 Å². The number of para-hydroxylation sites is 1. The topological polar surface area (TPSA) is 61.4 Å². The monoisotopic (exact) mass is 403 g/mol. The first-order valence-electron chi connectivity index (χ1n) is 11.0. The van der Waals surface area contributed by atoms with Crippen molar-refractivity contribution in [2.24, 2.45) is 4.99 Å². The van der Waals surface area contributed by atoms with Gasteiger partial charge in [0.15, 0.2) is 5.96 Å². The van der Waals surface area contributed by atoms with Gasteiger partial charge in [0, 0.05) is 51.4 Å². The van der Waals surface area contributed by atoms with Crippen LogP contribution in [0.2, 0.25) is 0 Å². The van der Waals surface area contributed by atoms with Crippen molar-refractivity contribution in [1.82, 2.24) is 20.4 Å². The van der Waals surface area contributed by atoms with E-state index in [9.17, 15) is 0 Å². The van der Waals surface area contributed by atoms with Crippen LogP contribution in [0.3, 0.4) is 0 Å². The normalized spacial score (nSPS) is 21.3. The van der Waals surface area contributed by atoms with E-state index in [-0.39, 0.29) is 0 Å². The van der Waals surface area contributed by atoms with E-state index < -0.39 is 0 Å². The maximum absolute atomic E-state index is 6.09. The lowest BCUT2D eigenvalue weighted by molar-refractivity contribution is 0.0322. The second-order valence-electron chi connectivity index (χ2n) is 7.64. The predicted octanol–water partition coefficient (Wildman–Crippen LogP) is 1.55. The lowest BCUT2D eigenvalue weighted by atomic mass is 10.2. The summed E-state index contributed by atoms with van der Waals surface area (Å²) in [7, 11) is 1.83. The zero-order chi connectivity index (χ0) is 20.3. The number of ether oxygens (including phenoxy) is 2. The standard InChI is InChI=1S/C22H37N5O2/c1-3-27-10-6-8-20(27)18-25-22(23-2)24-17-19-7-4-5-9-21(19)29-16-13-26-11-14-28-15-12-26/h4-5,7,9,20H,3,6,8,10-18H2,1-2H3,(H2,23,24,25). The van der Waals surface area contributed by atoms with Gasteiger partial charge in [0.25, 0.3) is 0 Å². The van der Waals surface area contributed by atoms with E-state index in [0.29, 0.717) is 19.2 Å². The van der Waals surface area contributed by atoms with Gasteiger partial charge in [0.05, 0.1) is 13.2 Å². The van der Waals surface area contributed by atoms with Crippen LogP contribution in [-0.4, -0.2) is 87.9 Å². The maximum atomic E-state index is 6.09. The molecule has 162 valence electrons. The Kier molecular flexibility index (Phi) is 9.05. The van der Waals surface area contributed by atoms with Gasteiger partial charge >= 0.3 is 0 Å². The first-order chi connectivity index (χ1) is 14.3. The predicted molar refractivity (Wildman–Crippen MR) is 118 cm³/mol. The highest BCUT2D eigenvalue weighted by molar-refractivity contribution is 5.79. The second kappa shape index (κ2) is 12.0. The summed E-state index contributed by atoms with van der Waals surface area (Å²) in [5, 5.41) is 6.93. The van der Waals surface area contributed by atoms with Crippen molar-refractivity contribution in [2.45, 2.75) is 32.4 Å². The number of morpholine rings is 1. The first kappa shape index (κ1) is 21.9. The van der Waals surface area contributed by atoms with Crippen LogP contribution in [0, 0.1) is 0 Å². The van der Waals surface area contributed by atoms with E-state index in [4.69, 9.17) is 9.47 Å². The highest BCUT2D eigenvalue weighted by atomic mass is 16.5. The number of benzene rings is 1. The van der Waals surface area contributed by atoms with E-state index in [2.05, 4.69) is 44.5 Å². The summed E-state index contributed by atoms with van der Waals surface area (Å²) in [5.41, 5.74) is 1.15. The summed E-state index contributed by atoms with van der Waals surface area (Å²) in [5.74, 6) is 1.78. The first-order valence-corrected chi connectivity index (χ1v) is 11.0. The molecule has 2 saturated heterocycles. The summed E-state index contributed by atoms with van der Waals surface area (Å²) in [6.07, 6.45) is 2.55. The lowest BCUT2D eigenvalue weighted by Crippen LogP contribution is -2.44. The van der Waals surface area contributed by atoms with Gasteiger partial charge in [-0.3, -0.25) is 14.8 Å². The van der Waals surface area contributed by atoms with E-state index in [1.165, 1.54) is 19.4 Å². The molecule has 0 aliphatic carbocycles. The van der Waals surface area contributed by atoms with Crippen LogP contribution in [0.15, 0.2) is 29.3 Å². The lowest BCUT2D eigenvalue weighted by Gasteiger charge is -2.26. The van der Waals surface area contributed by atoms with Gasteiger partial charge in [-0.1, -0.05) is 25.1 Å². The molecule has 1 aromatic rings. The van der Waals surface area contributed by atoms with Crippen molar-refractivity contribution in [2.75, 3.05) is 66.1 Å². The van der Waals surface area contributed by atoms with Gasteiger partial charge < -0.3 is 20.1 Å². The molecule has 2 heterocycles. The summed E-state index contributed by atoms with van der Waals surface area (Å²) in [6.45, 7) is 11.4. The highest BCUT2D eigenvalue weighted by Crippen LogP contribution is 2.18. The highest BCUT2D eigenvalue weighted by Gasteiger charge is 2.22. The molecule has 0 amide bonds. The van der Waals surface area contributed by atoms with Crippen molar-refractivity contribution in [3.8, 4) is 5.75 Å². The SMILES string of the molecule is CCN1CCCC1CNC(=NC)NCc1ccccc1OCCN1CCOCC1. The Balaban J connectivity index is 1.44. The fraction of sp³-hybridized carbons (Fsp3) is 0.682. The number of rotatable bonds is 9. The molecule has 0 bridgehead atoms. The van der Waals surface area contributed by atoms with Crippen molar-refractivity contribution in [1.29, 1.82) is 0 Å². The second-order valence-corrected chi connectivity index (χ2v) is 7.64. The van der Waals surface area contributed by atoms with Crippen LogP contribution in [0.25, 0.3) is 0 Å². The molecule has 2 fully saturated rings. The summed E-state index contributed by atoms with van der Waals surface area (Å²) in [6, 6.07) is 8.85. The van der Waals surface area contributed by atoms with Crippen LogP contribution < -0.4 is 15.4 Å². The van der Waals surface area contributed by atoms with Gasteiger partial charge in [-0.2, -0.15) is 0 Å². The minimum Gasteiger partial charge on any atom is -0.492 e. The zero-order valence-electron chi connectivity index (χ0n) is 18.0. The van der Waals surface area contributed by atoms with Gasteiger partial charge in [-0.15, -0.1) is 0 Å². The minimum atomic E-state index is 0.606. The summed E-state index contributed by atoms with van der Waals surface area (Å²) < 4.78 is 11.5. The van der Waals surface area contributed by atoms with Crippen molar-refractivity contribution in [3.63, 3.8) is 0 Å². The van der Waals surface area contributed by atoms with Crippen LogP contribution in [0.1, 0.15) is 25.3 Å². The Morgan fingerprint density at radius 3 is 2.83 bits per heavy atom. The molecule has 7 heteroatoms. The molecule has 2 aliphatic rings. The van der Waals surface area contributed by atoms with Crippen molar-refractivity contribution < 1.29 is 9.47 Å². The van der Waals surface area contributed by atoms with E-state index >= 15 is 0 Å². The van der Waals surface area contributed by atoms with Crippen molar-refractivity contribution >= 4 is 5.96 Å². The van der Waals surface area contributed by atoms with E-state index in [1.807, 2.05) is 19.2 Å². The van der Waals surface area contributed by atoms with E-state index in [0.717, 1.165) is 63.2 Å². The number of guanidine groups is 1. The fourth-order valence-electron chi connectivity index (χ4n) is 4.06. The molecule has 7 nitrogen and oxygen atoms in total. The van der Waals surface area contributed by atoms with Crippen LogP contribution >= 0.6 is 0 Å². The number of likely N-dealkylation sites (N-methyl/N-ethyl adjacent to an activating group) is 1. The fourth-order valence-corrected chi connectivity index (χ4v) is 4.06. The molecule has 1 atom stereocenters. The number of hydrogen-bond donors (Lipinski definition) is 2. The molecule has 0 radical (unpaired) electrons. The third-order valence-corrected chi connectivity index (χ3v) is 5.82. The molecule has 0 aromatic heterocycles. The Morgan fingerprint density at radius 1 is 1.21 bits per heavy atom. The van der Waals surface area contributed by atoms with E-state index in [1.54, 1.807) is 0 Å². The Morgan fingerprint density at radius 2 is 2.03 bits per heavy atom. The maximum Gasteiger partial charge on any atom is 0.191 e. The molecule has 1 aromatic carbocycles. The Hall–Kier alpha value is -1.83. The van der Waals surface area contributed by atoms with Crippen LogP contribution in [-0.2, 0) is 11.3 Å². The number of nitrogens with one attached hydrogen (secondary N) is 2. The third-order valence-electron chi connectivity index (χ3n) is 5.82. The molecule has 29 heavy (non-hydrogen) atoms. The number of nitrogens with zero attached hydrogens (tertiary/aromatic N) is 3. The molecule has 0 spiro atoms. The quantitative estimate of drug-likeness (QED) is 0.482. The van der Waals surface area contributed by atoms with Gasteiger partial charge in [-0.25, -0.2) is 0 Å². The number of aliphatic imine (C=N–C) groups is 1. The van der Waals surface area contributed by atoms with Gasteiger partial charge in [-0.05, 0) is 32.0 Å². The minimum absolute atomic E-state index is 0.606. The van der Waals surface area contributed by atoms with Gasteiger partial charge in [0.2, 0.25) is 0 Å². The molecular weight excluding hydrogens is 366 g/mol. The Labute approximate surface area is 175 Å². The zero-order valence-corrected chi connectivity index (χ0v) is 18.0. The molecule has 2 aliphatic heterocycles. The average molecular weight is 404 g/mol. The number of likely N-dealkylation sites (tertiary alicyclic amines) is 1. The number of hydrogen-bond acceptors (Lipinski definition) is 5. The molecular formula is C22H37N5O2. The average Bonchev–Trinajstić information content (AvgIpc) is 3.23.